The van der Waals surface area contributed by atoms with Crippen LogP contribution in [0, 0.1) is 24.6 Å². The summed E-state index contributed by atoms with van der Waals surface area (Å²) in [7, 11) is 0. The normalized spacial score (nSPS) is 18.0. The third-order valence-electron chi connectivity index (χ3n) is 7.69. The molecule has 1 N–H and O–H groups in total. The minimum Gasteiger partial charge on any atom is -0.318 e. The molecule has 1 aromatic carbocycles. The summed E-state index contributed by atoms with van der Waals surface area (Å²) in [6.45, 7) is 4.04. The highest BCUT2D eigenvalue weighted by atomic mass is 35.5. The number of alkyl halides is 4. The standard InChI is InChI=1S/C29H22ClF5N8O2/c1-12-27(42-10-14-3-4-16(14)29(42)45)37-8-19(39-12)13(2)43-11-15(7-38-43)40-28(44)24-23(26(34)35)36-9-20(41-24)21-17(25(32)33)5-6-18(30)22(21)31/h3-9,11,13-14,16,25-26H,10H2,1-2H3,(H,40,44)/t13?,14-,16-/m1/s1. The van der Waals surface area contributed by atoms with Gasteiger partial charge < -0.3 is 5.32 Å². The van der Waals surface area contributed by atoms with Gasteiger partial charge in [-0.1, -0.05) is 29.8 Å². The summed E-state index contributed by atoms with van der Waals surface area (Å²) < 4.78 is 71.1. The van der Waals surface area contributed by atoms with E-state index in [1.807, 2.05) is 12.2 Å². The lowest BCUT2D eigenvalue weighted by atomic mass is 9.85. The SMILES string of the molecule is Cc1nc(C(C)n2cc(NC(=O)c3nc(-c4c(C(F)F)ccc(Cl)c4F)cnc3C(F)F)cn2)cnc1N1C[C@H]2C=C[C@H]2C1=O. The fraction of sp³-hybridized carbons (Fsp3) is 0.276. The van der Waals surface area contributed by atoms with Crippen molar-refractivity contribution in [2.45, 2.75) is 32.7 Å². The molecule has 10 nitrogen and oxygen atoms in total. The van der Waals surface area contributed by atoms with Crippen LogP contribution in [0.1, 0.15) is 59.0 Å². The maximum absolute atomic E-state index is 14.8. The molecule has 232 valence electrons. The van der Waals surface area contributed by atoms with Crippen molar-refractivity contribution in [1.82, 2.24) is 29.7 Å². The molecular formula is C29H22ClF5N8O2. The molecule has 45 heavy (non-hydrogen) atoms. The van der Waals surface area contributed by atoms with Crippen molar-refractivity contribution in [2.75, 3.05) is 16.8 Å². The molecule has 0 spiro atoms. The van der Waals surface area contributed by atoms with E-state index >= 15 is 0 Å². The Morgan fingerprint density at radius 3 is 2.47 bits per heavy atom. The van der Waals surface area contributed by atoms with Crippen LogP contribution in [0.2, 0.25) is 5.02 Å². The van der Waals surface area contributed by atoms with Crippen molar-refractivity contribution in [1.29, 1.82) is 0 Å². The van der Waals surface area contributed by atoms with Gasteiger partial charge in [-0.2, -0.15) is 5.10 Å². The largest absolute Gasteiger partial charge is 0.318 e. The van der Waals surface area contributed by atoms with E-state index in [0.717, 1.165) is 12.1 Å². The van der Waals surface area contributed by atoms with Crippen LogP contribution in [0.4, 0.5) is 33.5 Å². The molecule has 0 radical (unpaired) electrons. The number of anilines is 2. The number of carbonyl (C=O) groups excluding carboxylic acids is 2. The molecule has 0 bridgehead atoms. The molecule has 1 unspecified atom stereocenters. The molecule has 4 heterocycles. The Balaban J connectivity index is 1.23. The second-order valence-corrected chi connectivity index (χ2v) is 10.9. The van der Waals surface area contributed by atoms with E-state index in [0.29, 0.717) is 29.9 Å². The van der Waals surface area contributed by atoms with E-state index in [4.69, 9.17) is 11.6 Å². The fourth-order valence-electron chi connectivity index (χ4n) is 5.24. The van der Waals surface area contributed by atoms with Crippen LogP contribution in [-0.4, -0.2) is 48.1 Å². The van der Waals surface area contributed by atoms with Gasteiger partial charge >= 0.3 is 0 Å². The predicted molar refractivity (Wildman–Crippen MR) is 152 cm³/mol. The molecule has 2 amide bonds. The van der Waals surface area contributed by atoms with Crippen LogP contribution in [0.5, 0.6) is 0 Å². The lowest BCUT2D eigenvalue weighted by Gasteiger charge is -2.18. The Labute approximate surface area is 257 Å². The van der Waals surface area contributed by atoms with Gasteiger partial charge in [-0.25, -0.2) is 31.9 Å². The number of nitrogens with zero attached hydrogens (tertiary/aromatic N) is 7. The summed E-state index contributed by atoms with van der Waals surface area (Å²) in [5, 5.41) is 6.09. The number of hydrogen-bond acceptors (Lipinski definition) is 7. The maximum Gasteiger partial charge on any atom is 0.282 e. The van der Waals surface area contributed by atoms with Crippen LogP contribution in [-0.2, 0) is 4.79 Å². The van der Waals surface area contributed by atoms with E-state index < -0.39 is 63.8 Å². The number of aromatic nitrogens is 6. The van der Waals surface area contributed by atoms with Gasteiger partial charge in [0.1, 0.15) is 5.69 Å². The number of nitrogens with one attached hydrogen (secondary N) is 1. The number of carbonyl (C=O) groups is 2. The quantitative estimate of drug-likeness (QED) is 0.181. The van der Waals surface area contributed by atoms with E-state index in [2.05, 4.69) is 30.4 Å². The van der Waals surface area contributed by atoms with Crippen LogP contribution in [0.25, 0.3) is 11.3 Å². The Morgan fingerprint density at radius 1 is 1.07 bits per heavy atom. The number of halogens is 6. The number of amides is 2. The topological polar surface area (TPSA) is 119 Å². The third kappa shape index (κ3) is 5.41. The summed E-state index contributed by atoms with van der Waals surface area (Å²) in [6.07, 6.45) is 2.30. The number of rotatable bonds is 8. The molecule has 0 saturated carbocycles. The van der Waals surface area contributed by atoms with E-state index in [1.165, 1.54) is 23.3 Å². The highest BCUT2D eigenvalue weighted by Gasteiger charge is 2.43. The predicted octanol–water partition coefficient (Wildman–Crippen LogP) is 6.12. The Bertz CT molecular complexity index is 1870. The molecule has 16 heteroatoms. The first-order valence-corrected chi connectivity index (χ1v) is 13.9. The summed E-state index contributed by atoms with van der Waals surface area (Å²) in [5.74, 6) is -1.93. The zero-order chi connectivity index (χ0) is 32.2. The van der Waals surface area contributed by atoms with Crippen molar-refractivity contribution in [2.24, 2.45) is 11.8 Å². The molecule has 2 aliphatic rings. The second kappa shape index (κ2) is 11.6. The van der Waals surface area contributed by atoms with Crippen LogP contribution >= 0.6 is 11.6 Å². The molecule has 1 saturated heterocycles. The van der Waals surface area contributed by atoms with Crippen molar-refractivity contribution >= 4 is 34.9 Å². The molecule has 6 rings (SSSR count). The monoisotopic (exact) mass is 644 g/mol. The summed E-state index contributed by atoms with van der Waals surface area (Å²) >= 11 is 5.77. The molecule has 1 aliphatic carbocycles. The maximum atomic E-state index is 14.8. The van der Waals surface area contributed by atoms with Crippen molar-refractivity contribution in [3.63, 3.8) is 0 Å². The number of benzene rings is 1. The number of fused-ring (bicyclic) bond motifs is 1. The molecule has 4 aromatic rings. The summed E-state index contributed by atoms with van der Waals surface area (Å²) in [4.78, 5) is 43.8. The Kier molecular flexibility index (Phi) is 7.81. The first kappa shape index (κ1) is 30.2. The van der Waals surface area contributed by atoms with E-state index in [-0.39, 0.29) is 23.4 Å². The average Bonchev–Trinajstić information content (AvgIpc) is 3.54. The van der Waals surface area contributed by atoms with Crippen LogP contribution < -0.4 is 10.2 Å². The number of aryl methyl sites for hydroxylation is 1. The fourth-order valence-corrected chi connectivity index (χ4v) is 5.40. The third-order valence-corrected chi connectivity index (χ3v) is 7.98. The second-order valence-electron chi connectivity index (χ2n) is 10.5. The van der Waals surface area contributed by atoms with Gasteiger partial charge in [0, 0.05) is 29.8 Å². The van der Waals surface area contributed by atoms with Crippen molar-refractivity contribution < 1.29 is 31.5 Å². The summed E-state index contributed by atoms with van der Waals surface area (Å²) in [6, 6.07) is 1.29. The average molecular weight is 645 g/mol. The zero-order valence-corrected chi connectivity index (χ0v) is 24.2. The van der Waals surface area contributed by atoms with Crippen molar-refractivity contribution in [3.8, 4) is 11.3 Å². The van der Waals surface area contributed by atoms with Crippen molar-refractivity contribution in [3.05, 3.63) is 88.3 Å². The van der Waals surface area contributed by atoms with Gasteiger partial charge in [-0.05, 0) is 19.9 Å². The minimum absolute atomic E-state index is 0.0226. The Morgan fingerprint density at radius 2 is 1.84 bits per heavy atom. The molecule has 1 aliphatic heterocycles. The smallest absolute Gasteiger partial charge is 0.282 e. The van der Waals surface area contributed by atoms with Crippen LogP contribution in [0.3, 0.4) is 0 Å². The Hall–Kier alpha value is -4.79. The lowest BCUT2D eigenvalue weighted by Crippen LogP contribution is -2.28. The minimum atomic E-state index is -3.26. The highest BCUT2D eigenvalue weighted by Crippen LogP contribution is 2.38. The molecule has 3 aromatic heterocycles. The lowest BCUT2D eigenvalue weighted by molar-refractivity contribution is -0.119. The summed E-state index contributed by atoms with van der Waals surface area (Å²) in [5.41, 5.74) is -2.97. The van der Waals surface area contributed by atoms with Gasteiger partial charge in [0.2, 0.25) is 5.91 Å². The van der Waals surface area contributed by atoms with Gasteiger partial charge in [0.05, 0.1) is 58.3 Å². The first-order chi connectivity index (χ1) is 21.4. The van der Waals surface area contributed by atoms with Gasteiger partial charge in [-0.15, -0.1) is 0 Å². The molecule has 3 atom stereocenters. The van der Waals surface area contributed by atoms with Gasteiger partial charge in [-0.3, -0.25) is 29.1 Å². The molecule has 1 fully saturated rings. The van der Waals surface area contributed by atoms with Gasteiger partial charge in [0.15, 0.2) is 17.3 Å². The molecular weight excluding hydrogens is 623 g/mol. The first-order valence-electron chi connectivity index (χ1n) is 13.5. The number of hydrogen-bond donors (Lipinski definition) is 1. The van der Waals surface area contributed by atoms with E-state index in [9.17, 15) is 31.5 Å². The zero-order valence-electron chi connectivity index (χ0n) is 23.4. The van der Waals surface area contributed by atoms with Crippen LogP contribution in [0.15, 0.2) is 49.1 Å². The highest BCUT2D eigenvalue weighted by molar-refractivity contribution is 6.31. The van der Waals surface area contributed by atoms with Gasteiger partial charge in [0.25, 0.3) is 18.8 Å². The van der Waals surface area contributed by atoms with E-state index in [1.54, 1.807) is 18.7 Å².